The topological polar surface area (TPSA) is 60.2 Å². The summed E-state index contributed by atoms with van der Waals surface area (Å²) < 4.78 is 11.2. The molecule has 1 fully saturated rings. The zero-order chi connectivity index (χ0) is 12.1. The number of hydrogen-bond donors (Lipinski definition) is 1. The van der Waals surface area contributed by atoms with Crippen LogP contribution < -0.4 is 5.32 Å². The smallest absolute Gasteiger partial charge is 0.245 e. The molecule has 0 radical (unpaired) electrons. The largest absolute Gasteiger partial charge is 0.422 e. The number of nitrogens with one attached hydrogen (secondary N) is 1. The normalized spacial score (nSPS) is 24.4. The van der Waals surface area contributed by atoms with Gasteiger partial charge in [0.1, 0.15) is 6.10 Å². The second-order valence-corrected chi connectivity index (χ2v) is 4.59. The van der Waals surface area contributed by atoms with Crippen LogP contribution >= 0.6 is 0 Å². The van der Waals surface area contributed by atoms with Crippen LogP contribution in [0.2, 0.25) is 0 Å². The van der Waals surface area contributed by atoms with E-state index in [4.69, 9.17) is 9.15 Å². The second kappa shape index (κ2) is 6.12. The third-order valence-corrected chi connectivity index (χ3v) is 3.06. The first-order valence-corrected chi connectivity index (χ1v) is 6.46. The summed E-state index contributed by atoms with van der Waals surface area (Å²) in [4.78, 5) is 0. The molecule has 1 aromatic heterocycles. The first-order valence-electron chi connectivity index (χ1n) is 6.46. The number of ether oxygens (including phenoxy) is 1. The Bertz CT molecular complexity index is 340. The van der Waals surface area contributed by atoms with Crippen molar-refractivity contribution in [1.82, 2.24) is 15.5 Å². The minimum Gasteiger partial charge on any atom is -0.422 e. The fraction of sp³-hybridized carbons (Fsp3) is 0.833. The lowest BCUT2D eigenvalue weighted by Gasteiger charge is -2.08. The van der Waals surface area contributed by atoms with Gasteiger partial charge in [-0.1, -0.05) is 13.8 Å². The molecule has 0 aliphatic carbocycles. The van der Waals surface area contributed by atoms with Gasteiger partial charge in [0.2, 0.25) is 11.8 Å². The van der Waals surface area contributed by atoms with E-state index < -0.39 is 0 Å². The lowest BCUT2D eigenvalue weighted by atomic mass is 10.0. The highest BCUT2D eigenvalue weighted by molar-refractivity contribution is 4.92. The Balaban J connectivity index is 1.83. The summed E-state index contributed by atoms with van der Waals surface area (Å²) in [6, 6.07) is 0. The van der Waals surface area contributed by atoms with Crippen molar-refractivity contribution in [3.05, 3.63) is 11.8 Å². The van der Waals surface area contributed by atoms with Gasteiger partial charge in [0.05, 0.1) is 0 Å². The number of hydrogen-bond acceptors (Lipinski definition) is 5. The summed E-state index contributed by atoms with van der Waals surface area (Å²) >= 11 is 0. The molecule has 0 amide bonds. The molecule has 1 aromatic rings. The van der Waals surface area contributed by atoms with Gasteiger partial charge in [-0.2, -0.15) is 0 Å². The summed E-state index contributed by atoms with van der Waals surface area (Å²) in [7, 11) is 0. The third-order valence-electron chi connectivity index (χ3n) is 3.06. The van der Waals surface area contributed by atoms with Gasteiger partial charge in [-0.3, -0.25) is 0 Å². The first-order chi connectivity index (χ1) is 8.31. The Morgan fingerprint density at radius 3 is 2.94 bits per heavy atom. The molecule has 0 spiro atoms. The average Bonchev–Trinajstić information content (AvgIpc) is 2.93. The van der Waals surface area contributed by atoms with Gasteiger partial charge >= 0.3 is 0 Å². The Morgan fingerprint density at radius 2 is 2.24 bits per heavy atom. The van der Waals surface area contributed by atoms with Crippen LogP contribution in [0, 0.1) is 5.92 Å². The van der Waals surface area contributed by atoms with E-state index in [9.17, 15) is 0 Å². The Hall–Kier alpha value is -0.940. The van der Waals surface area contributed by atoms with Gasteiger partial charge in [-0.25, -0.2) is 0 Å². The average molecular weight is 239 g/mol. The summed E-state index contributed by atoms with van der Waals surface area (Å²) in [5, 5.41) is 11.4. The van der Waals surface area contributed by atoms with E-state index in [1.165, 1.54) is 0 Å². The molecule has 1 N–H and O–H groups in total. The molecule has 2 rings (SSSR count). The van der Waals surface area contributed by atoms with E-state index in [1.807, 2.05) is 0 Å². The van der Waals surface area contributed by atoms with Crippen molar-refractivity contribution >= 4 is 0 Å². The lowest BCUT2D eigenvalue weighted by molar-refractivity contribution is 0.0704. The van der Waals surface area contributed by atoms with E-state index in [2.05, 4.69) is 29.4 Å². The molecule has 2 heterocycles. The molecular weight excluding hydrogens is 218 g/mol. The van der Waals surface area contributed by atoms with Crippen LogP contribution in [0.5, 0.6) is 0 Å². The van der Waals surface area contributed by atoms with Crippen LogP contribution in [-0.4, -0.2) is 29.9 Å². The van der Waals surface area contributed by atoms with Crippen molar-refractivity contribution in [1.29, 1.82) is 0 Å². The minimum atomic E-state index is -0.000138. The zero-order valence-corrected chi connectivity index (χ0v) is 10.6. The van der Waals surface area contributed by atoms with Crippen molar-refractivity contribution in [3.63, 3.8) is 0 Å². The maximum atomic E-state index is 5.63. The van der Waals surface area contributed by atoms with Crippen LogP contribution in [0.1, 0.15) is 44.6 Å². The van der Waals surface area contributed by atoms with Gasteiger partial charge in [-0.15, -0.1) is 10.2 Å². The van der Waals surface area contributed by atoms with Crippen molar-refractivity contribution in [2.75, 3.05) is 19.7 Å². The molecule has 0 saturated carbocycles. The second-order valence-electron chi connectivity index (χ2n) is 4.59. The molecule has 5 nitrogen and oxygen atoms in total. The van der Waals surface area contributed by atoms with Crippen LogP contribution in [0.25, 0.3) is 0 Å². The van der Waals surface area contributed by atoms with Crippen molar-refractivity contribution in [2.45, 2.75) is 39.2 Å². The minimum absolute atomic E-state index is 0.000138. The van der Waals surface area contributed by atoms with Crippen molar-refractivity contribution in [3.8, 4) is 0 Å². The zero-order valence-electron chi connectivity index (χ0n) is 10.6. The molecule has 96 valence electrons. The highest BCUT2D eigenvalue weighted by Gasteiger charge is 2.30. The quantitative estimate of drug-likeness (QED) is 0.766. The maximum Gasteiger partial charge on any atom is 0.245 e. The number of nitrogens with zero attached hydrogens (tertiary/aromatic N) is 2. The molecule has 0 bridgehead atoms. The molecule has 0 aromatic carbocycles. The van der Waals surface area contributed by atoms with Crippen molar-refractivity contribution in [2.24, 2.45) is 5.92 Å². The van der Waals surface area contributed by atoms with E-state index in [0.717, 1.165) is 39.0 Å². The Morgan fingerprint density at radius 1 is 1.35 bits per heavy atom. The van der Waals surface area contributed by atoms with E-state index >= 15 is 0 Å². The Kier molecular flexibility index (Phi) is 4.50. The molecule has 1 aliphatic rings. The highest BCUT2D eigenvalue weighted by atomic mass is 16.5. The van der Waals surface area contributed by atoms with E-state index in [-0.39, 0.29) is 6.10 Å². The molecule has 2 atom stereocenters. The summed E-state index contributed by atoms with van der Waals surface area (Å²) in [5.74, 6) is 1.81. The molecule has 1 saturated heterocycles. The van der Waals surface area contributed by atoms with E-state index in [1.54, 1.807) is 0 Å². The van der Waals surface area contributed by atoms with Gasteiger partial charge in [-0.05, 0) is 25.3 Å². The van der Waals surface area contributed by atoms with Gasteiger partial charge in [0, 0.05) is 19.6 Å². The standard InChI is InChI=1S/C12H21N3O2/c1-3-6-13-7-4-10-14-15-12(17-10)11-9(2)5-8-16-11/h9,11,13H,3-8H2,1-2H3. The lowest BCUT2D eigenvalue weighted by Crippen LogP contribution is -2.17. The number of rotatable bonds is 6. The van der Waals surface area contributed by atoms with Crippen LogP contribution in [-0.2, 0) is 11.2 Å². The monoisotopic (exact) mass is 239 g/mol. The van der Waals surface area contributed by atoms with Gasteiger partial charge in [0.25, 0.3) is 0 Å². The van der Waals surface area contributed by atoms with Crippen LogP contribution in [0.4, 0.5) is 0 Å². The SMILES string of the molecule is CCCNCCc1nnc(C2OCCC2C)o1. The summed E-state index contributed by atoms with van der Waals surface area (Å²) in [6.45, 7) is 7.02. The molecule has 2 unspecified atom stereocenters. The molecule has 1 aliphatic heterocycles. The maximum absolute atomic E-state index is 5.63. The summed E-state index contributed by atoms with van der Waals surface area (Å²) in [6.07, 6.45) is 3.00. The fourth-order valence-electron chi connectivity index (χ4n) is 1.99. The predicted octanol–water partition coefficient (Wildman–Crippen LogP) is 1.71. The fourth-order valence-corrected chi connectivity index (χ4v) is 1.99. The molecular formula is C12H21N3O2. The van der Waals surface area contributed by atoms with Gasteiger partial charge in [0.15, 0.2) is 0 Å². The number of aromatic nitrogens is 2. The molecule has 5 heteroatoms. The third kappa shape index (κ3) is 3.26. The molecule has 17 heavy (non-hydrogen) atoms. The summed E-state index contributed by atoms with van der Waals surface area (Å²) in [5.41, 5.74) is 0. The van der Waals surface area contributed by atoms with E-state index in [0.29, 0.717) is 17.7 Å². The Labute approximate surface area is 102 Å². The first kappa shape index (κ1) is 12.5. The van der Waals surface area contributed by atoms with Crippen LogP contribution in [0.3, 0.4) is 0 Å². The highest BCUT2D eigenvalue weighted by Crippen LogP contribution is 2.32. The van der Waals surface area contributed by atoms with Crippen molar-refractivity contribution < 1.29 is 9.15 Å². The predicted molar refractivity (Wildman–Crippen MR) is 63.6 cm³/mol. The van der Waals surface area contributed by atoms with Crippen LogP contribution in [0.15, 0.2) is 4.42 Å². The van der Waals surface area contributed by atoms with Gasteiger partial charge < -0.3 is 14.5 Å².